The van der Waals surface area contributed by atoms with Gasteiger partial charge in [0.05, 0.1) is 12.0 Å². The van der Waals surface area contributed by atoms with Crippen LogP contribution in [0.5, 0.6) is 0 Å². The Labute approximate surface area is 67.4 Å². The third kappa shape index (κ3) is 2.00. The quantitative estimate of drug-likeness (QED) is 0.470. The summed E-state index contributed by atoms with van der Waals surface area (Å²) >= 11 is 0. The molecule has 0 aliphatic rings. The number of nitriles is 1. The maximum Gasteiger partial charge on any atom is 0.428 e. The molecule has 64 valence electrons. The van der Waals surface area contributed by atoms with Crippen LogP contribution < -0.4 is 0 Å². The van der Waals surface area contributed by atoms with Gasteiger partial charge in [-0.05, 0) is 13.5 Å². The average Bonchev–Trinajstić information content (AvgIpc) is 1.83. The highest BCUT2D eigenvalue weighted by molar-refractivity contribution is 6.68. The lowest BCUT2D eigenvalue weighted by atomic mass is 9.99. The first-order valence-electron chi connectivity index (χ1n) is 3.51. The number of rotatable bonds is 2. The molecule has 0 saturated heterocycles. The van der Waals surface area contributed by atoms with Crippen molar-refractivity contribution in [3.63, 3.8) is 0 Å². The van der Waals surface area contributed by atoms with E-state index in [9.17, 15) is 8.22 Å². The fourth-order valence-electron chi connectivity index (χ4n) is 0.542. The molecule has 0 bridgehead atoms. The minimum absolute atomic E-state index is 0.575. The number of hydrogen-bond acceptors (Lipinski definition) is 1. The van der Waals surface area contributed by atoms with Crippen molar-refractivity contribution in [2.45, 2.75) is 32.4 Å². The van der Waals surface area contributed by atoms with Crippen molar-refractivity contribution < 1.29 is 8.22 Å². The van der Waals surface area contributed by atoms with Gasteiger partial charge in [0.15, 0.2) is 0 Å². The molecule has 0 N–H and O–H groups in total. The van der Waals surface area contributed by atoms with E-state index < -0.39 is 19.7 Å². The SMILES string of the molecule is CC(C#N)C(C)(C)[Si](C)(F)F. The van der Waals surface area contributed by atoms with Crippen molar-refractivity contribution in [3.8, 4) is 6.07 Å². The van der Waals surface area contributed by atoms with E-state index in [1.807, 2.05) is 6.07 Å². The molecule has 0 aromatic carbocycles. The maximum absolute atomic E-state index is 12.9. The Kier molecular flexibility index (Phi) is 2.78. The molecular formula is C7H13F2NSi. The fraction of sp³-hybridized carbons (Fsp3) is 0.857. The number of nitrogens with zero attached hydrogens (tertiary/aromatic N) is 1. The van der Waals surface area contributed by atoms with Gasteiger partial charge in [0.1, 0.15) is 0 Å². The predicted octanol–water partition coefficient (Wildman–Crippen LogP) is 2.94. The van der Waals surface area contributed by atoms with Crippen LogP contribution in [-0.4, -0.2) is 8.74 Å². The minimum atomic E-state index is -4.19. The smallest absolute Gasteiger partial charge is 0.270 e. The molecule has 0 radical (unpaired) electrons. The predicted molar refractivity (Wildman–Crippen MR) is 42.7 cm³/mol. The van der Waals surface area contributed by atoms with Crippen molar-refractivity contribution in [1.29, 1.82) is 5.26 Å². The van der Waals surface area contributed by atoms with Gasteiger partial charge in [0, 0.05) is 5.04 Å². The zero-order chi connectivity index (χ0) is 9.28. The molecule has 1 unspecified atom stereocenters. The zero-order valence-electron chi connectivity index (χ0n) is 7.28. The van der Waals surface area contributed by atoms with Crippen molar-refractivity contribution in [1.82, 2.24) is 0 Å². The molecule has 0 aromatic rings. The Morgan fingerprint density at radius 3 is 1.91 bits per heavy atom. The van der Waals surface area contributed by atoms with E-state index >= 15 is 0 Å². The topological polar surface area (TPSA) is 23.8 Å². The van der Waals surface area contributed by atoms with Crippen LogP contribution in [0, 0.1) is 17.2 Å². The van der Waals surface area contributed by atoms with Crippen molar-refractivity contribution in [3.05, 3.63) is 0 Å². The molecule has 0 saturated carbocycles. The Bertz CT molecular complexity index is 178. The summed E-state index contributed by atoms with van der Waals surface area (Å²) in [6.45, 7) is 5.46. The molecule has 0 spiro atoms. The first-order chi connectivity index (χ1) is 4.73. The van der Waals surface area contributed by atoms with Crippen LogP contribution >= 0.6 is 0 Å². The van der Waals surface area contributed by atoms with Crippen molar-refractivity contribution in [2.75, 3.05) is 0 Å². The highest BCUT2D eigenvalue weighted by atomic mass is 28.4. The van der Waals surface area contributed by atoms with E-state index in [0.29, 0.717) is 0 Å². The standard InChI is InChI=1S/C7H13F2NSi/c1-6(5-10)7(2,3)11(4,8)9/h6H,1-4H3. The molecular weight excluding hydrogens is 164 g/mol. The van der Waals surface area contributed by atoms with E-state index in [4.69, 9.17) is 5.26 Å². The molecule has 1 nitrogen and oxygen atoms in total. The molecule has 0 aliphatic heterocycles. The molecule has 0 amide bonds. The van der Waals surface area contributed by atoms with E-state index in [-0.39, 0.29) is 0 Å². The first kappa shape index (κ1) is 10.6. The van der Waals surface area contributed by atoms with Crippen LogP contribution in [-0.2, 0) is 0 Å². The molecule has 11 heavy (non-hydrogen) atoms. The normalized spacial score (nSPS) is 15.7. The third-order valence-electron chi connectivity index (χ3n) is 2.41. The molecule has 4 heteroatoms. The van der Waals surface area contributed by atoms with E-state index in [2.05, 4.69) is 0 Å². The summed E-state index contributed by atoms with van der Waals surface area (Å²) in [4.78, 5) is 0. The summed E-state index contributed by atoms with van der Waals surface area (Å²) in [6.07, 6.45) is 0. The van der Waals surface area contributed by atoms with Gasteiger partial charge < -0.3 is 0 Å². The molecule has 1 atom stereocenters. The lowest BCUT2D eigenvalue weighted by Gasteiger charge is -2.30. The van der Waals surface area contributed by atoms with Crippen molar-refractivity contribution in [2.24, 2.45) is 5.92 Å². The molecule has 0 heterocycles. The van der Waals surface area contributed by atoms with Gasteiger partial charge in [0.25, 0.3) is 0 Å². The van der Waals surface area contributed by atoms with Gasteiger partial charge in [0.2, 0.25) is 0 Å². The van der Waals surface area contributed by atoms with E-state index in [0.717, 1.165) is 6.55 Å². The lowest BCUT2D eigenvalue weighted by molar-refractivity contribution is 0.419. The second-order valence-electron chi connectivity index (χ2n) is 3.46. The molecule has 0 rings (SSSR count). The monoisotopic (exact) mass is 177 g/mol. The molecule has 0 aromatic heterocycles. The highest BCUT2D eigenvalue weighted by Gasteiger charge is 2.50. The van der Waals surface area contributed by atoms with E-state index in [1.165, 1.54) is 13.8 Å². The van der Waals surface area contributed by atoms with Gasteiger partial charge in [-0.25, -0.2) is 0 Å². The Hall–Kier alpha value is -0.433. The van der Waals surface area contributed by atoms with Crippen LogP contribution in [0.4, 0.5) is 8.22 Å². The number of halogens is 2. The van der Waals surface area contributed by atoms with Crippen LogP contribution in [0.15, 0.2) is 0 Å². The summed E-state index contributed by atoms with van der Waals surface area (Å²) in [5.74, 6) is -0.575. The Morgan fingerprint density at radius 1 is 1.45 bits per heavy atom. The van der Waals surface area contributed by atoms with Crippen LogP contribution in [0.1, 0.15) is 20.8 Å². The average molecular weight is 177 g/mol. The summed E-state index contributed by atoms with van der Waals surface area (Å²) in [5.41, 5.74) is 0. The largest absolute Gasteiger partial charge is 0.428 e. The second kappa shape index (κ2) is 2.90. The Balaban J connectivity index is 4.62. The van der Waals surface area contributed by atoms with Crippen LogP contribution in [0.25, 0.3) is 0 Å². The van der Waals surface area contributed by atoms with Gasteiger partial charge in [-0.2, -0.15) is 5.26 Å². The molecule has 0 aliphatic carbocycles. The summed E-state index contributed by atoms with van der Waals surface area (Å²) in [5, 5.41) is 7.36. The lowest BCUT2D eigenvalue weighted by Crippen LogP contribution is -2.37. The Morgan fingerprint density at radius 2 is 1.82 bits per heavy atom. The summed E-state index contributed by atoms with van der Waals surface area (Å²) in [7, 11) is -4.19. The third-order valence-corrected chi connectivity index (χ3v) is 5.10. The minimum Gasteiger partial charge on any atom is -0.270 e. The van der Waals surface area contributed by atoms with Gasteiger partial charge in [-0.3, -0.25) is 8.22 Å². The summed E-state index contributed by atoms with van der Waals surface area (Å²) in [6, 6.07) is 1.87. The summed E-state index contributed by atoms with van der Waals surface area (Å²) < 4.78 is 25.9. The zero-order valence-corrected chi connectivity index (χ0v) is 8.28. The van der Waals surface area contributed by atoms with Crippen LogP contribution in [0.3, 0.4) is 0 Å². The maximum atomic E-state index is 12.9. The van der Waals surface area contributed by atoms with Crippen LogP contribution in [0.2, 0.25) is 11.6 Å². The number of hydrogen-bond donors (Lipinski definition) is 0. The molecule has 0 fully saturated rings. The van der Waals surface area contributed by atoms with Gasteiger partial charge >= 0.3 is 8.74 Å². The second-order valence-corrected chi connectivity index (χ2v) is 6.53. The van der Waals surface area contributed by atoms with Gasteiger partial charge in [-0.1, -0.05) is 13.8 Å². The van der Waals surface area contributed by atoms with Gasteiger partial charge in [-0.15, -0.1) is 0 Å². The fourth-order valence-corrected chi connectivity index (χ4v) is 1.37. The first-order valence-corrected chi connectivity index (χ1v) is 5.76. The highest BCUT2D eigenvalue weighted by Crippen LogP contribution is 2.45. The van der Waals surface area contributed by atoms with E-state index in [1.54, 1.807) is 6.92 Å². The van der Waals surface area contributed by atoms with Crippen molar-refractivity contribution >= 4 is 8.74 Å².